The minimum Gasteiger partial charge on any atom is -0.465 e. The Morgan fingerprint density at radius 1 is 1.00 bits per heavy atom. The van der Waals surface area contributed by atoms with Gasteiger partial charge in [0, 0.05) is 9.51 Å². The Labute approximate surface area is 131 Å². The molecule has 0 heterocycles. The van der Waals surface area contributed by atoms with E-state index in [2.05, 4.69) is 15.9 Å². The molecule has 0 saturated heterocycles. The van der Waals surface area contributed by atoms with Crippen LogP contribution in [0.25, 0.3) is 10.1 Å². The predicted molar refractivity (Wildman–Crippen MR) is 85.7 cm³/mol. The van der Waals surface area contributed by atoms with E-state index in [0.717, 1.165) is 11.1 Å². The third-order valence-electron chi connectivity index (χ3n) is 2.77. The second kappa shape index (κ2) is 6.73. The van der Waals surface area contributed by atoms with E-state index in [4.69, 9.17) is 16.3 Å². The molecule has 2 nitrogen and oxygen atoms in total. The van der Waals surface area contributed by atoms with Gasteiger partial charge in [0.05, 0.1) is 12.7 Å². The minimum absolute atomic E-state index is 0.391. The molecule has 0 unspecified atom stereocenters. The summed E-state index contributed by atoms with van der Waals surface area (Å²) < 4.78 is 5.55. The fourth-order valence-electron chi connectivity index (χ4n) is 1.78. The van der Waals surface area contributed by atoms with Crippen molar-refractivity contribution in [3.63, 3.8) is 0 Å². The lowest BCUT2D eigenvalue weighted by Gasteiger charge is -2.10. The van der Waals surface area contributed by atoms with Gasteiger partial charge < -0.3 is 4.74 Å². The molecule has 2 rings (SSSR count). The molecule has 0 saturated carbocycles. The Hall–Kier alpha value is -1.58. The molecule has 0 aliphatic carbocycles. The Kier molecular flexibility index (Phi) is 4.99. The first-order valence-electron chi connectivity index (χ1n) is 5.93. The number of benzene rings is 2. The molecule has 102 valence electrons. The van der Waals surface area contributed by atoms with E-state index in [0.29, 0.717) is 15.1 Å². The van der Waals surface area contributed by atoms with Crippen molar-refractivity contribution in [2.24, 2.45) is 0 Å². The first kappa shape index (κ1) is 14.8. The summed E-state index contributed by atoms with van der Waals surface area (Å²) in [6, 6.07) is 16.6. The van der Waals surface area contributed by atoms with Crippen molar-refractivity contribution < 1.29 is 9.53 Å². The van der Waals surface area contributed by atoms with Crippen LogP contribution >= 0.6 is 27.5 Å². The van der Waals surface area contributed by atoms with Gasteiger partial charge in [-0.25, -0.2) is 4.79 Å². The van der Waals surface area contributed by atoms with Crippen LogP contribution in [0.2, 0.25) is 5.02 Å². The number of carbonyl (C=O) groups excluding carboxylic acids is 1. The topological polar surface area (TPSA) is 26.3 Å². The summed E-state index contributed by atoms with van der Waals surface area (Å²) in [4.78, 5) is 12.1. The Balaban J connectivity index is 2.57. The summed E-state index contributed by atoms with van der Waals surface area (Å²) in [6.45, 7) is 0. The second-order valence-corrected chi connectivity index (χ2v) is 5.28. The highest BCUT2D eigenvalue weighted by Crippen LogP contribution is 2.32. The quantitative estimate of drug-likeness (QED) is 0.452. The molecular weight excluding hydrogens is 340 g/mol. The lowest BCUT2D eigenvalue weighted by atomic mass is 10.0. The number of halogens is 2. The molecule has 0 bridgehead atoms. The summed E-state index contributed by atoms with van der Waals surface area (Å²) in [6.07, 6.45) is 0. The third-order valence-corrected chi connectivity index (χ3v) is 3.88. The number of carbonyl (C=O) groups is 1. The van der Waals surface area contributed by atoms with E-state index in [1.165, 1.54) is 7.11 Å². The van der Waals surface area contributed by atoms with Gasteiger partial charge in [-0.05, 0) is 39.2 Å². The summed E-state index contributed by atoms with van der Waals surface area (Å²) in [5, 5.41) is 0.647. The van der Waals surface area contributed by atoms with E-state index < -0.39 is 5.97 Å². The van der Waals surface area contributed by atoms with Crippen LogP contribution in [0.3, 0.4) is 0 Å². The zero-order valence-electron chi connectivity index (χ0n) is 10.8. The molecule has 0 amide bonds. The van der Waals surface area contributed by atoms with Gasteiger partial charge >= 0.3 is 5.97 Å². The molecule has 4 heteroatoms. The number of hydrogen-bond donors (Lipinski definition) is 0. The Bertz CT molecular complexity index is 633. The standard InChI is InChI=1S/C16H12BrClO2/c1-20-16(19)14(11-5-3-2-4-6-11)15(17)12-7-9-13(18)10-8-12/h2-10H,1H3/b15-14+. The third kappa shape index (κ3) is 3.30. The number of hydrogen-bond acceptors (Lipinski definition) is 2. The summed E-state index contributed by atoms with van der Waals surface area (Å²) in [5.41, 5.74) is 2.13. The second-order valence-electron chi connectivity index (χ2n) is 4.05. The highest BCUT2D eigenvalue weighted by molar-refractivity contribution is 9.15. The van der Waals surface area contributed by atoms with E-state index >= 15 is 0 Å². The first-order valence-corrected chi connectivity index (χ1v) is 7.10. The monoisotopic (exact) mass is 350 g/mol. The molecular formula is C16H12BrClO2. The molecule has 0 N–H and O–H groups in total. The van der Waals surface area contributed by atoms with Gasteiger partial charge in [-0.1, -0.05) is 54.1 Å². The lowest BCUT2D eigenvalue weighted by Crippen LogP contribution is -2.05. The van der Waals surface area contributed by atoms with Gasteiger partial charge in [-0.3, -0.25) is 0 Å². The van der Waals surface area contributed by atoms with Crippen LogP contribution < -0.4 is 0 Å². The van der Waals surface area contributed by atoms with Gasteiger partial charge in [0.15, 0.2) is 0 Å². The molecule has 0 spiro atoms. The van der Waals surface area contributed by atoms with E-state index in [9.17, 15) is 4.79 Å². The van der Waals surface area contributed by atoms with Crippen molar-refractivity contribution in [3.8, 4) is 0 Å². The predicted octanol–water partition coefficient (Wildman–Crippen LogP) is 4.78. The molecule has 0 aliphatic heterocycles. The van der Waals surface area contributed by atoms with Crippen molar-refractivity contribution in [1.82, 2.24) is 0 Å². The van der Waals surface area contributed by atoms with Gasteiger partial charge in [0.25, 0.3) is 0 Å². The largest absolute Gasteiger partial charge is 0.465 e. The molecule has 2 aromatic carbocycles. The van der Waals surface area contributed by atoms with Crippen molar-refractivity contribution in [1.29, 1.82) is 0 Å². The fourth-order valence-corrected chi connectivity index (χ4v) is 2.56. The van der Waals surface area contributed by atoms with Gasteiger partial charge in [0.2, 0.25) is 0 Å². The average molecular weight is 352 g/mol. The van der Waals surface area contributed by atoms with Crippen molar-refractivity contribution in [3.05, 3.63) is 70.7 Å². The zero-order chi connectivity index (χ0) is 14.5. The molecule has 20 heavy (non-hydrogen) atoms. The molecule has 0 aromatic heterocycles. The Morgan fingerprint density at radius 3 is 2.15 bits per heavy atom. The number of esters is 1. The van der Waals surface area contributed by atoms with Crippen LogP contribution in [0, 0.1) is 0 Å². The van der Waals surface area contributed by atoms with Crippen LogP contribution in [-0.4, -0.2) is 13.1 Å². The lowest BCUT2D eigenvalue weighted by molar-refractivity contribution is -0.133. The normalized spacial score (nSPS) is 11.8. The van der Waals surface area contributed by atoms with Gasteiger partial charge in [0.1, 0.15) is 0 Å². The van der Waals surface area contributed by atoms with Crippen LogP contribution in [0.1, 0.15) is 11.1 Å². The van der Waals surface area contributed by atoms with Crippen LogP contribution in [-0.2, 0) is 9.53 Å². The number of methoxy groups -OCH3 is 1. The highest BCUT2D eigenvalue weighted by Gasteiger charge is 2.17. The maximum absolute atomic E-state index is 12.1. The maximum Gasteiger partial charge on any atom is 0.339 e. The zero-order valence-corrected chi connectivity index (χ0v) is 13.1. The van der Waals surface area contributed by atoms with Crippen LogP contribution in [0.5, 0.6) is 0 Å². The minimum atomic E-state index is -0.391. The van der Waals surface area contributed by atoms with Gasteiger partial charge in [-0.15, -0.1) is 0 Å². The summed E-state index contributed by atoms with van der Waals surface area (Å²) in [7, 11) is 1.37. The summed E-state index contributed by atoms with van der Waals surface area (Å²) >= 11 is 9.37. The molecule has 0 aliphatic rings. The smallest absolute Gasteiger partial charge is 0.339 e. The van der Waals surface area contributed by atoms with Crippen molar-refractivity contribution in [2.75, 3.05) is 7.11 Å². The summed E-state index contributed by atoms with van der Waals surface area (Å²) in [5.74, 6) is -0.391. The number of rotatable bonds is 3. The SMILES string of the molecule is COC(=O)/C(=C(/Br)c1ccc(Cl)cc1)c1ccccc1. The fraction of sp³-hybridized carbons (Fsp3) is 0.0625. The number of ether oxygens (including phenoxy) is 1. The highest BCUT2D eigenvalue weighted by atomic mass is 79.9. The van der Waals surface area contributed by atoms with Crippen LogP contribution in [0.4, 0.5) is 0 Å². The van der Waals surface area contributed by atoms with Gasteiger partial charge in [-0.2, -0.15) is 0 Å². The van der Waals surface area contributed by atoms with Crippen LogP contribution in [0.15, 0.2) is 54.6 Å². The van der Waals surface area contributed by atoms with Crippen molar-refractivity contribution in [2.45, 2.75) is 0 Å². The average Bonchev–Trinajstić information content (AvgIpc) is 2.49. The Morgan fingerprint density at radius 2 is 1.60 bits per heavy atom. The van der Waals surface area contributed by atoms with E-state index in [1.54, 1.807) is 12.1 Å². The first-order chi connectivity index (χ1) is 9.63. The molecule has 0 radical (unpaired) electrons. The van der Waals surface area contributed by atoms with E-state index in [1.807, 2.05) is 42.5 Å². The maximum atomic E-state index is 12.1. The van der Waals surface area contributed by atoms with E-state index in [-0.39, 0.29) is 0 Å². The molecule has 2 aromatic rings. The van der Waals surface area contributed by atoms with Crippen molar-refractivity contribution >= 4 is 43.6 Å². The molecule has 0 atom stereocenters. The molecule has 0 fully saturated rings.